The topological polar surface area (TPSA) is 219 Å². The smallest absolute Gasteiger partial charge is 0.822 e. The average molecular weight is 427 g/mol. The molecule has 0 saturated carbocycles. The molecule has 0 aromatic rings. The molecule has 0 aliphatic rings. The summed E-state index contributed by atoms with van der Waals surface area (Å²) in [7, 11) is -16.4. The first-order chi connectivity index (χ1) is 5.71. The summed E-state index contributed by atoms with van der Waals surface area (Å²) in [6, 6.07) is 0. The van der Waals surface area contributed by atoms with Crippen molar-refractivity contribution in [3.63, 3.8) is 0 Å². The third-order valence-electron chi connectivity index (χ3n) is 0.203. The van der Waals surface area contributed by atoms with Gasteiger partial charge in [-0.1, -0.05) is 0 Å². The van der Waals surface area contributed by atoms with Crippen molar-refractivity contribution in [2.45, 2.75) is 0 Å². The second-order valence-electron chi connectivity index (χ2n) is 1.44. The Balaban J connectivity index is -0.0000000359. The van der Waals surface area contributed by atoms with Gasteiger partial charge >= 0.3 is 93.3 Å². The van der Waals surface area contributed by atoms with Gasteiger partial charge in [0.05, 0.1) is 7.82 Å². The van der Waals surface area contributed by atoms with Crippen molar-refractivity contribution in [2.75, 3.05) is 0 Å². The summed E-state index contributed by atoms with van der Waals surface area (Å²) in [5, 5.41) is 0. The Morgan fingerprint density at radius 3 is 1.00 bits per heavy atom. The number of phosphoric acid groups is 3. The van der Waals surface area contributed by atoms with Crippen LogP contribution in [0.2, 0.25) is 0 Å². The van der Waals surface area contributed by atoms with Crippen LogP contribution >= 0.6 is 23.5 Å². The van der Waals surface area contributed by atoms with Gasteiger partial charge in [-0.05, 0) is 0 Å². The SMILES string of the molecule is O=P([O-])([O-])OP(=O)([O-])O.O=P([O-])([O-])[O-].[Fe+2].[Mn+2].[Na+].[Na+]. The van der Waals surface area contributed by atoms with Gasteiger partial charge in [0, 0.05) is 0 Å². The molecule has 0 fully saturated rings. The number of hydrogen-bond donors (Lipinski definition) is 1. The van der Waals surface area contributed by atoms with E-state index in [2.05, 4.69) is 4.31 Å². The molecule has 0 aliphatic heterocycles. The van der Waals surface area contributed by atoms with Gasteiger partial charge in [-0.25, -0.2) is 0 Å². The molecule has 0 aromatic heterocycles. The Bertz CT molecular complexity index is 273. The maximum absolute atomic E-state index is 9.44. The van der Waals surface area contributed by atoms with Crippen LogP contribution in [0.4, 0.5) is 0 Å². The van der Waals surface area contributed by atoms with E-state index >= 15 is 0 Å². The van der Waals surface area contributed by atoms with E-state index in [-0.39, 0.29) is 93.3 Å². The van der Waals surface area contributed by atoms with E-state index in [0.29, 0.717) is 0 Å². The van der Waals surface area contributed by atoms with Crippen LogP contribution in [0, 0.1) is 0 Å². The van der Waals surface area contributed by atoms with E-state index in [0.717, 1.165) is 0 Å². The summed E-state index contributed by atoms with van der Waals surface area (Å²) in [6.45, 7) is 0. The van der Waals surface area contributed by atoms with Gasteiger partial charge in [-0.2, -0.15) is 7.82 Å². The second kappa shape index (κ2) is 15.3. The first-order valence-electron chi connectivity index (χ1n) is 2.21. The van der Waals surface area contributed by atoms with Crippen molar-refractivity contribution in [3.8, 4) is 0 Å². The number of hydrogen-bond acceptors (Lipinski definition) is 10. The van der Waals surface area contributed by atoms with Crippen molar-refractivity contribution in [3.05, 3.63) is 0 Å². The standard InChI is InChI=1S/Fe.Mn.2Na.H4O7P2.H3O4P/c;;;;1-8(2,3)7-9(4,5)6;1-5(2,3)4/h;;;;(H2,1,2,3)(H2,4,5,6);(H3,1,2,3,4)/q2*+2;2*+1;;/p-6. The first kappa shape index (κ1) is 37.6. The van der Waals surface area contributed by atoms with E-state index < -0.39 is 23.5 Å². The molecule has 1 unspecified atom stereocenters. The maximum Gasteiger partial charge on any atom is 2.00 e. The third kappa shape index (κ3) is 74.3. The van der Waals surface area contributed by atoms with E-state index in [1.807, 2.05) is 0 Å². The van der Waals surface area contributed by atoms with Gasteiger partial charge < -0.3 is 43.4 Å². The van der Waals surface area contributed by atoms with Gasteiger partial charge in [0.2, 0.25) is 0 Å². The van der Waals surface area contributed by atoms with Gasteiger partial charge in [0.25, 0.3) is 7.82 Å². The van der Waals surface area contributed by atoms with Crippen molar-refractivity contribution in [1.82, 2.24) is 0 Å². The van der Waals surface area contributed by atoms with Crippen LogP contribution in [0.5, 0.6) is 0 Å². The second-order valence-corrected chi connectivity index (χ2v) is 4.82. The molecule has 0 aliphatic carbocycles. The Labute approximate surface area is 167 Å². The van der Waals surface area contributed by atoms with E-state index in [4.69, 9.17) is 24.1 Å². The maximum atomic E-state index is 9.44. The van der Waals surface area contributed by atoms with E-state index in [1.54, 1.807) is 0 Å². The Morgan fingerprint density at radius 1 is 0.833 bits per heavy atom. The fourth-order valence-corrected chi connectivity index (χ4v) is 1.14. The van der Waals surface area contributed by atoms with Crippen LogP contribution in [0.15, 0.2) is 0 Å². The molecule has 18 heavy (non-hydrogen) atoms. The molecule has 0 bridgehead atoms. The molecule has 0 heterocycles. The van der Waals surface area contributed by atoms with E-state index in [1.165, 1.54) is 0 Å². The zero-order valence-corrected chi connectivity index (χ0v) is 17.6. The van der Waals surface area contributed by atoms with Gasteiger partial charge in [-0.15, -0.1) is 0 Å². The predicted octanol–water partition coefficient (Wildman–Crippen LogP) is -11.5. The molecule has 18 heteroatoms. The fourth-order valence-electron chi connectivity index (χ4n) is 0.126. The van der Waals surface area contributed by atoms with Gasteiger partial charge in [0.1, 0.15) is 0 Å². The average Bonchev–Trinajstić information content (AvgIpc) is 1.42. The van der Waals surface area contributed by atoms with Gasteiger partial charge in [-0.3, -0.25) is 8.88 Å². The van der Waals surface area contributed by atoms with Crippen LogP contribution in [0.1, 0.15) is 0 Å². The molecular weight excluding hydrogens is 426 g/mol. The third-order valence-corrected chi connectivity index (χ3v) is 1.83. The first-order valence-corrected chi connectivity index (χ1v) is 6.62. The van der Waals surface area contributed by atoms with Gasteiger partial charge in [0.15, 0.2) is 0 Å². The molecular formula is HFeMnNa2O11P3. The molecule has 99 valence electrons. The molecule has 1 N–H and O–H groups in total. The summed E-state index contributed by atoms with van der Waals surface area (Å²) >= 11 is 0. The van der Waals surface area contributed by atoms with Crippen molar-refractivity contribution in [2.24, 2.45) is 0 Å². The quantitative estimate of drug-likeness (QED) is 0.322. The summed E-state index contributed by atoms with van der Waals surface area (Å²) < 4.78 is 30.0. The fraction of sp³-hybridized carbons (Fsp3) is 0. The summed E-state index contributed by atoms with van der Waals surface area (Å²) in [6.07, 6.45) is 0. The molecule has 11 nitrogen and oxygen atoms in total. The normalized spacial score (nSPS) is 12.8. The summed E-state index contributed by atoms with van der Waals surface area (Å²) in [4.78, 5) is 61.4. The predicted molar refractivity (Wildman–Crippen MR) is 26.1 cm³/mol. The molecule has 0 rings (SSSR count). The van der Waals surface area contributed by atoms with Crippen LogP contribution in [0.25, 0.3) is 0 Å². The van der Waals surface area contributed by atoms with Crippen molar-refractivity contribution < 1.29 is 146 Å². The minimum Gasteiger partial charge on any atom is -0.822 e. The van der Waals surface area contributed by atoms with Crippen LogP contribution in [0.3, 0.4) is 0 Å². The molecule has 1 atom stereocenters. The molecule has 0 aromatic carbocycles. The van der Waals surface area contributed by atoms with Crippen molar-refractivity contribution in [1.29, 1.82) is 0 Å². The van der Waals surface area contributed by atoms with E-state index in [9.17, 15) is 23.8 Å². The minimum atomic E-state index is -5.61. The zero-order chi connectivity index (χ0) is 12.2. The van der Waals surface area contributed by atoms with Crippen LogP contribution in [-0.2, 0) is 52.1 Å². The minimum absolute atomic E-state index is 0. The van der Waals surface area contributed by atoms with Crippen molar-refractivity contribution >= 4 is 23.5 Å². The molecule has 0 amide bonds. The zero-order valence-electron chi connectivity index (χ0n) is 8.60. The Kier molecular flexibility index (Phi) is 31.9. The number of rotatable bonds is 2. The Morgan fingerprint density at radius 2 is 1.00 bits per heavy atom. The molecule has 0 spiro atoms. The monoisotopic (exact) mass is 427 g/mol. The van der Waals surface area contributed by atoms with Crippen LogP contribution < -0.4 is 88.5 Å². The summed E-state index contributed by atoms with van der Waals surface area (Å²) in [5.74, 6) is 0. The molecule has 1 radical (unpaired) electrons. The Hall–Kier alpha value is 3.41. The molecule has 0 saturated heterocycles. The van der Waals surface area contributed by atoms with Crippen LogP contribution in [-0.4, -0.2) is 4.89 Å². The largest absolute Gasteiger partial charge is 2.00 e. The summed E-state index contributed by atoms with van der Waals surface area (Å²) in [5.41, 5.74) is 0.